The minimum absolute atomic E-state index is 0.379. The van der Waals surface area contributed by atoms with E-state index >= 15 is 0 Å². The molecule has 2 rings (SSSR count). The van der Waals surface area contributed by atoms with Crippen molar-refractivity contribution in [3.63, 3.8) is 0 Å². The first-order valence-electron chi connectivity index (χ1n) is 4.21. The molecule has 2 heterocycles. The van der Waals surface area contributed by atoms with Crippen molar-refractivity contribution in [2.75, 3.05) is 0 Å². The van der Waals surface area contributed by atoms with Crippen LogP contribution in [0.25, 0.3) is 0 Å². The Morgan fingerprint density at radius 2 is 2.07 bits per heavy atom. The van der Waals surface area contributed by atoms with E-state index in [1.54, 1.807) is 18.3 Å². The molecule has 0 atom stereocenters. The molecule has 0 aliphatic heterocycles. The summed E-state index contributed by atoms with van der Waals surface area (Å²) in [6.45, 7) is 1.92. The van der Waals surface area contributed by atoms with Gasteiger partial charge in [-0.2, -0.15) is 0 Å². The lowest BCUT2D eigenvalue weighted by Crippen LogP contribution is -1.90. The van der Waals surface area contributed by atoms with Crippen molar-refractivity contribution in [3.8, 4) is 0 Å². The van der Waals surface area contributed by atoms with Crippen molar-refractivity contribution in [2.45, 2.75) is 17.1 Å². The SMILES string of the molecule is Cc1ccnc(Sc2ccc(Cl)nn2)n1. The van der Waals surface area contributed by atoms with Crippen LogP contribution in [0.5, 0.6) is 0 Å². The van der Waals surface area contributed by atoms with Crippen molar-refractivity contribution < 1.29 is 0 Å². The Hall–Kier alpha value is -1.20. The molecule has 2 aromatic rings. The first-order chi connectivity index (χ1) is 7.24. The molecule has 2 aromatic heterocycles. The van der Waals surface area contributed by atoms with Crippen LogP contribution in [0, 0.1) is 6.92 Å². The van der Waals surface area contributed by atoms with Gasteiger partial charge in [-0.05, 0) is 36.9 Å². The molecule has 0 amide bonds. The van der Waals surface area contributed by atoms with E-state index in [2.05, 4.69) is 20.2 Å². The van der Waals surface area contributed by atoms with Gasteiger partial charge in [0.05, 0.1) is 0 Å². The maximum atomic E-state index is 5.63. The number of hydrogen-bond acceptors (Lipinski definition) is 5. The van der Waals surface area contributed by atoms with Crippen molar-refractivity contribution in [1.82, 2.24) is 20.2 Å². The Kier molecular flexibility index (Phi) is 3.13. The van der Waals surface area contributed by atoms with Crippen LogP contribution in [0.3, 0.4) is 0 Å². The molecule has 0 spiro atoms. The van der Waals surface area contributed by atoms with Crippen LogP contribution in [0.2, 0.25) is 5.15 Å². The first-order valence-corrected chi connectivity index (χ1v) is 5.40. The number of hydrogen-bond donors (Lipinski definition) is 0. The molecule has 0 saturated heterocycles. The van der Waals surface area contributed by atoms with E-state index in [0.29, 0.717) is 10.3 Å². The second-order valence-corrected chi connectivity index (χ2v) is 4.15. The fourth-order valence-electron chi connectivity index (χ4n) is 0.927. The van der Waals surface area contributed by atoms with Gasteiger partial charge in [0, 0.05) is 11.9 Å². The third kappa shape index (κ3) is 2.87. The van der Waals surface area contributed by atoms with Gasteiger partial charge in [-0.25, -0.2) is 9.97 Å². The van der Waals surface area contributed by atoms with Crippen LogP contribution in [-0.2, 0) is 0 Å². The molecular weight excluding hydrogens is 232 g/mol. The first kappa shape index (κ1) is 10.3. The van der Waals surface area contributed by atoms with Crippen LogP contribution in [0.15, 0.2) is 34.6 Å². The average molecular weight is 239 g/mol. The number of rotatable bonds is 2. The highest BCUT2D eigenvalue weighted by molar-refractivity contribution is 7.99. The molecular formula is C9H7ClN4S. The van der Waals surface area contributed by atoms with Gasteiger partial charge < -0.3 is 0 Å². The zero-order valence-corrected chi connectivity index (χ0v) is 9.46. The average Bonchev–Trinajstić information content (AvgIpc) is 2.22. The van der Waals surface area contributed by atoms with Gasteiger partial charge in [0.25, 0.3) is 0 Å². The lowest BCUT2D eigenvalue weighted by atomic mass is 10.5. The largest absolute Gasteiger partial charge is 0.231 e. The van der Waals surface area contributed by atoms with Gasteiger partial charge in [0.2, 0.25) is 0 Å². The van der Waals surface area contributed by atoms with Gasteiger partial charge in [0.15, 0.2) is 10.3 Å². The summed E-state index contributed by atoms with van der Waals surface area (Å²) in [5.41, 5.74) is 0.925. The van der Waals surface area contributed by atoms with Gasteiger partial charge in [-0.3, -0.25) is 0 Å². The Bertz CT molecular complexity index is 460. The Morgan fingerprint density at radius 3 is 2.73 bits per heavy atom. The van der Waals surface area contributed by atoms with Crippen LogP contribution in [-0.4, -0.2) is 20.2 Å². The number of nitrogens with zero attached hydrogens (tertiary/aromatic N) is 4. The second kappa shape index (κ2) is 4.55. The van der Waals surface area contributed by atoms with Crippen molar-refractivity contribution in [1.29, 1.82) is 0 Å². The molecule has 0 aliphatic rings. The van der Waals surface area contributed by atoms with Crippen molar-refractivity contribution in [2.24, 2.45) is 0 Å². The van der Waals surface area contributed by atoms with Gasteiger partial charge in [0.1, 0.15) is 5.03 Å². The molecule has 0 bridgehead atoms. The highest BCUT2D eigenvalue weighted by atomic mass is 35.5. The zero-order valence-electron chi connectivity index (χ0n) is 7.88. The molecule has 76 valence electrons. The van der Waals surface area contributed by atoms with E-state index in [4.69, 9.17) is 11.6 Å². The number of halogens is 1. The lowest BCUT2D eigenvalue weighted by Gasteiger charge is -1.98. The summed E-state index contributed by atoms with van der Waals surface area (Å²) in [5, 5.41) is 9.41. The Morgan fingerprint density at radius 1 is 1.20 bits per heavy atom. The van der Waals surface area contributed by atoms with Gasteiger partial charge >= 0.3 is 0 Å². The van der Waals surface area contributed by atoms with Crippen LogP contribution < -0.4 is 0 Å². The summed E-state index contributed by atoms with van der Waals surface area (Å²) in [5.74, 6) is 0. The topological polar surface area (TPSA) is 51.6 Å². The molecule has 4 nitrogen and oxygen atoms in total. The standard InChI is InChI=1S/C9H7ClN4S/c1-6-4-5-11-9(12-6)15-8-3-2-7(10)13-14-8/h2-5H,1H3. The second-order valence-electron chi connectivity index (χ2n) is 2.78. The molecule has 15 heavy (non-hydrogen) atoms. The van der Waals surface area contributed by atoms with E-state index in [-0.39, 0.29) is 0 Å². The normalized spacial score (nSPS) is 10.3. The minimum atomic E-state index is 0.379. The highest BCUT2D eigenvalue weighted by Crippen LogP contribution is 2.21. The molecule has 0 aromatic carbocycles. The summed E-state index contributed by atoms with van der Waals surface area (Å²) in [4.78, 5) is 8.35. The number of aryl methyl sites for hydroxylation is 1. The third-order valence-electron chi connectivity index (χ3n) is 1.58. The van der Waals surface area contributed by atoms with Gasteiger partial charge in [-0.1, -0.05) is 11.6 Å². The maximum absolute atomic E-state index is 5.63. The zero-order chi connectivity index (χ0) is 10.7. The van der Waals surface area contributed by atoms with Crippen LogP contribution >= 0.6 is 23.4 Å². The Labute approximate surface area is 96.1 Å². The van der Waals surface area contributed by atoms with Crippen LogP contribution in [0.1, 0.15) is 5.69 Å². The molecule has 0 fully saturated rings. The molecule has 0 radical (unpaired) electrons. The minimum Gasteiger partial charge on any atom is -0.231 e. The highest BCUT2D eigenvalue weighted by Gasteiger charge is 2.02. The third-order valence-corrected chi connectivity index (χ3v) is 2.58. The maximum Gasteiger partial charge on any atom is 0.194 e. The molecule has 6 heteroatoms. The monoisotopic (exact) mass is 238 g/mol. The molecule has 0 aliphatic carbocycles. The predicted molar refractivity (Wildman–Crippen MR) is 57.9 cm³/mol. The van der Waals surface area contributed by atoms with E-state index in [9.17, 15) is 0 Å². The Balaban J connectivity index is 2.18. The predicted octanol–water partition coefficient (Wildman–Crippen LogP) is 2.38. The molecule has 0 unspecified atom stereocenters. The van der Waals surface area contributed by atoms with E-state index in [0.717, 1.165) is 10.7 Å². The van der Waals surface area contributed by atoms with E-state index in [1.807, 2.05) is 13.0 Å². The fraction of sp³-hybridized carbons (Fsp3) is 0.111. The summed E-state index contributed by atoms with van der Waals surface area (Å²) < 4.78 is 0. The van der Waals surface area contributed by atoms with Gasteiger partial charge in [-0.15, -0.1) is 10.2 Å². The summed E-state index contributed by atoms with van der Waals surface area (Å²) in [6, 6.07) is 5.32. The molecule has 0 N–H and O–H groups in total. The van der Waals surface area contributed by atoms with E-state index < -0.39 is 0 Å². The van der Waals surface area contributed by atoms with Crippen molar-refractivity contribution >= 4 is 23.4 Å². The fourth-order valence-corrected chi connectivity index (χ4v) is 1.74. The van der Waals surface area contributed by atoms with Crippen LogP contribution in [0.4, 0.5) is 0 Å². The summed E-state index contributed by atoms with van der Waals surface area (Å²) in [6.07, 6.45) is 1.72. The smallest absolute Gasteiger partial charge is 0.194 e. The summed E-state index contributed by atoms with van der Waals surface area (Å²) in [7, 11) is 0. The quantitative estimate of drug-likeness (QED) is 0.752. The van der Waals surface area contributed by atoms with Crippen molar-refractivity contribution in [3.05, 3.63) is 35.2 Å². The molecule has 0 saturated carbocycles. The van der Waals surface area contributed by atoms with E-state index in [1.165, 1.54) is 11.8 Å². The summed E-state index contributed by atoms with van der Waals surface area (Å²) >= 11 is 6.98. The number of aromatic nitrogens is 4. The lowest BCUT2D eigenvalue weighted by molar-refractivity contribution is 0.901.